The molecule has 1 atom stereocenters. The fourth-order valence-electron chi connectivity index (χ4n) is 2.20. The molecule has 0 spiro atoms. The summed E-state index contributed by atoms with van der Waals surface area (Å²) in [6.45, 7) is 1.95. The molecule has 6 nitrogen and oxygen atoms in total. The van der Waals surface area contributed by atoms with Crippen molar-refractivity contribution in [2.45, 2.75) is 18.8 Å². The Labute approximate surface area is 119 Å². The molecule has 3 rings (SSSR count). The van der Waals surface area contributed by atoms with Crippen LogP contribution in [0.1, 0.15) is 6.42 Å². The molecule has 1 aromatic carbocycles. The molecule has 0 aromatic heterocycles. The molecule has 8 heteroatoms. The van der Waals surface area contributed by atoms with E-state index in [-0.39, 0.29) is 29.9 Å². The number of rotatable bonds is 3. The molecule has 1 fully saturated rings. The van der Waals surface area contributed by atoms with E-state index >= 15 is 0 Å². The van der Waals surface area contributed by atoms with Gasteiger partial charge in [-0.2, -0.15) is 0 Å². The molecule has 114 valence electrons. The lowest BCUT2D eigenvalue weighted by Gasteiger charge is -2.23. The van der Waals surface area contributed by atoms with Crippen LogP contribution in [0.4, 0.5) is 14.5 Å². The lowest BCUT2D eigenvalue weighted by Crippen LogP contribution is -2.40. The quantitative estimate of drug-likeness (QED) is 0.881. The van der Waals surface area contributed by atoms with Gasteiger partial charge in [0, 0.05) is 24.8 Å². The zero-order chi connectivity index (χ0) is 14.9. The fraction of sp³-hybridized carbons (Fsp3) is 0.462. The molecule has 1 saturated heterocycles. The highest BCUT2D eigenvalue weighted by Gasteiger charge is 2.43. The number of nitrogens with one attached hydrogen (secondary N) is 2. The number of halogens is 2. The highest BCUT2D eigenvalue weighted by molar-refractivity contribution is 5.91. The van der Waals surface area contributed by atoms with Crippen molar-refractivity contribution in [2.75, 3.05) is 25.0 Å². The summed E-state index contributed by atoms with van der Waals surface area (Å²) >= 11 is 0. The predicted octanol–water partition coefficient (Wildman–Crippen LogP) is 1.33. The number of amides is 1. The average molecular weight is 300 g/mol. The molecule has 0 aliphatic carbocycles. The van der Waals surface area contributed by atoms with Crippen molar-refractivity contribution in [3.63, 3.8) is 0 Å². The SMILES string of the molecule is O=C(CC1CNCCO1)Nc1ccc2c(c1)OC(F)(F)O2. The van der Waals surface area contributed by atoms with Gasteiger partial charge in [-0.05, 0) is 12.1 Å². The summed E-state index contributed by atoms with van der Waals surface area (Å²) in [7, 11) is 0. The molecule has 21 heavy (non-hydrogen) atoms. The van der Waals surface area contributed by atoms with Gasteiger partial charge in [-0.3, -0.25) is 4.79 Å². The standard InChI is InChI=1S/C13H14F2N2O4/c14-13(15)20-10-2-1-8(5-11(10)21-13)17-12(18)6-9-7-16-3-4-19-9/h1-2,5,9,16H,3-4,6-7H2,(H,17,18). The number of carbonyl (C=O) groups is 1. The van der Waals surface area contributed by atoms with E-state index in [1.54, 1.807) is 0 Å². The maximum absolute atomic E-state index is 12.9. The molecule has 2 aliphatic heterocycles. The summed E-state index contributed by atoms with van der Waals surface area (Å²) in [6, 6.07) is 4.10. The number of ether oxygens (including phenoxy) is 3. The normalized spacial score (nSPS) is 22.9. The minimum absolute atomic E-state index is 0.0576. The van der Waals surface area contributed by atoms with Crippen molar-refractivity contribution < 1.29 is 27.8 Å². The third kappa shape index (κ3) is 3.40. The first-order valence-electron chi connectivity index (χ1n) is 6.54. The summed E-state index contributed by atoms with van der Waals surface area (Å²) in [5, 5.41) is 5.74. The second-order valence-electron chi connectivity index (χ2n) is 4.78. The molecule has 0 bridgehead atoms. The van der Waals surface area contributed by atoms with Gasteiger partial charge in [0.2, 0.25) is 5.91 Å². The number of hydrogen-bond donors (Lipinski definition) is 2. The molecule has 0 radical (unpaired) electrons. The Morgan fingerprint density at radius 3 is 2.95 bits per heavy atom. The number of benzene rings is 1. The first-order valence-corrected chi connectivity index (χ1v) is 6.54. The largest absolute Gasteiger partial charge is 0.586 e. The fourth-order valence-corrected chi connectivity index (χ4v) is 2.20. The van der Waals surface area contributed by atoms with Crippen LogP contribution in [0.3, 0.4) is 0 Å². The predicted molar refractivity (Wildman–Crippen MR) is 68.5 cm³/mol. The number of hydrogen-bond acceptors (Lipinski definition) is 5. The summed E-state index contributed by atoms with van der Waals surface area (Å²) in [6.07, 6.45) is -3.65. The van der Waals surface area contributed by atoms with Crippen LogP contribution < -0.4 is 20.1 Å². The van der Waals surface area contributed by atoms with Crippen LogP contribution in [-0.4, -0.2) is 38.0 Å². The van der Waals surface area contributed by atoms with E-state index in [2.05, 4.69) is 20.1 Å². The Morgan fingerprint density at radius 1 is 1.38 bits per heavy atom. The summed E-state index contributed by atoms with van der Waals surface area (Å²) < 4.78 is 39.8. The van der Waals surface area contributed by atoms with E-state index in [0.717, 1.165) is 6.54 Å². The molecule has 2 aliphatic rings. The maximum Gasteiger partial charge on any atom is 0.586 e. The van der Waals surface area contributed by atoms with Crippen molar-refractivity contribution in [1.29, 1.82) is 0 Å². The van der Waals surface area contributed by atoms with Crippen molar-refractivity contribution in [2.24, 2.45) is 0 Å². The number of fused-ring (bicyclic) bond motifs is 1. The minimum atomic E-state index is -3.66. The van der Waals surface area contributed by atoms with Gasteiger partial charge in [-0.1, -0.05) is 0 Å². The first-order chi connectivity index (χ1) is 10.0. The van der Waals surface area contributed by atoms with Crippen molar-refractivity contribution in [1.82, 2.24) is 5.32 Å². The van der Waals surface area contributed by atoms with Crippen molar-refractivity contribution in [3.05, 3.63) is 18.2 Å². The lowest BCUT2D eigenvalue weighted by molar-refractivity contribution is -0.286. The van der Waals surface area contributed by atoms with E-state index in [0.29, 0.717) is 18.8 Å². The van der Waals surface area contributed by atoms with Crippen LogP contribution in [0.25, 0.3) is 0 Å². The molecule has 1 unspecified atom stereocenters. The zero-order valence-electron chi connectivity index (χ0n) is 11.0. The topological polar surface area (TPSA) is 68.8 Å². The first kappa shape index (κ1) is 14.0. The summed E-state index contributed by atoms with van der Waals surface area (Å²) in [5.74, 6) is -0.416. The molecular weight excluding hydrogens is 286 g/mol. The Bertz CT molecular complexity index is 547. The number of morpholine rings is 1. The number of alkyl halides is 2. The molecule has 1 aromatic rings. The van der Waals surface area contributed by atoms with Gasteiger partial charge in [0.1, 0.15) is 0 Å². The van der Waals surface area contributed by atoms with Crippen LogP contribution in [-0.2, 0) is 9.53 Å². The van der Waals surface area contributed by atoms with E-state index in [4.69, 9.17) is 4.74 Å². The smallest absolute Gasteiger partial charge is 0.395 e. The Hall–Kier alpha value is -1.93. The van der Waals surface area contributed by atoms with Crippen molar-refractivity contribution in [3.8, 4) is 11.5 Å². The zero-order valence-corrected chi connectivity index (χ0v) is 11.0. The van der Waals surface area contributed by atoms with E-state index in [1.165, 1.54) is 18.2 Å². The number of carbonyl (C=O) groups excluding carboxylic acids is 1. The van der Waals surface area contributed by atoms with E-state index in [1.807, 2.05) is 0 Å². The van der Waals surface area contributed by atoms with E-state index < -0.39 is 6.29 Å². The highest BCUT2D eigenvalue weighted by Crippen LogP contribution is 2.42. The molecule has 1 amide bonds. The van der Waals surface area contributed by atoms with Crippen molar-refractivity contribution >= 4 is 11.6 Å². The third-order valence-corrected chi connectivity index (χ3v) is 3.10. The highest BCUT2D eigenvalue weighted by atomic mass is 19.3. The monoisotopic (exact) mass is 300 g/mol. The van der Waals surface area contributed by atoms with Gasteiger partial charge < -0.3 is 24.8 Å². The van der Waals surface area contributed by atoms with E-state index in [9.17, 15) is 13.6 Å². The molecule has 2 N–H and O–H groups in total. The van der Waals surface area contributed by atoms with Crippen LogP contribution in [0, 0.1) is 0 Å². The van der Waals surface area contributed by atoms with Gasteiger partial charge in [0.15, 0.2) is 11.5 Å². The van der Waals surface area contributed by atoms with Gasteiger partial charge in [-0.25, -0.2) is 0 Å². The van der Waals surface area contributed by atoms with Gasteiger partial charge in [0.05, 0.1) is 19.1 Å². The second-order valence-corrected chi connectivity index (χ2v) is 4.78. The third-order valence-electron chi connectivity index (χ3n) is 3.10. The molecular formula is C13H14F2N2O4. The Morgan fingerprint density at radius 2 is 2.19 bits per heavy atom. The van der Waals surface area contributed by atoms with Gasteiger partial charge in [-0.15, -0.1) is 8.78 Å². The second kappa shape index (κ2) is 5.45. The van der Waals surface area contributed by atoms with Crippen LogP contribution in [0.2, 0.25) is 0 Å². The molecule has 0 saturated carbocycles. The maximum atomic E-state index is 12.9. The van der Waals surface area contributed by atoms with Crippen LogP contribution >= 0.6 is 0 Å². The number of anilines is 1. The minimum Gasteiger partial charge on any atom is -0.395 e. The van der Waals surface area contributed by atoms with Gasteiger partial charge in [0.25, 0.3) is 0 Å². The average Bonchev–Trinajstić information content (AvgIpc) is 2.73. The Kier molecular flexibility index (Phi) is 3.64. The summed E-state index contributed by atoms with van der Waals surface area (Å²) in [5.41, 5.74) is 0.365. The van der Waals surface area contributed by atoms with Gasteiger partial charge >= 0.3 is 6.29 Å². The Balaban J connectivity index is 1.59. The summed E-state index contributed by atoms with van der Waals surface area (Å²) in [4.78, 5) is 11.9. The molecule has 2 heterocycles. The lowest BCUT2D eigenvalue weighted by atomic mass is 10.2. The van der Waals surface area contributed by atoms with Crippen LogP contribution in [0.15, 0.2) is 18.2 Å². The van der Waals surface area contributed by atoms with Crippen LogP contribution in [0.5, 0.6) is 11.5 Å².